The van der Waals surface area contributed by atoms with Crippen molar-refractivity contribution in [3.05, 3.63) is 58.6 Å². The highest BCUT2D eigenvalue weighted by Crippen LogP contribution is 2.32. The van der Waals surface area contributed by atoms with Crippen LogP contribution in [0.1, 0.15) is 6.92 Å². The van der Waals surface area contributed by atoms with Gasteiger partial charge in [-0.2, -0.15) is 0 Å². The molecule has 1 aromatic carbocycles. The van der Waals surface area contributed by atoms with Gasteiger partial charge in [0, 0.05) is 16.7 Å². The van der Waals surface area contributed by atoms with Crippen molar-refractivity contribution in [3.63, 3.8) is 0 Å². The first kappa shape index (κ1) is 15.6. The van der Waals surface area contributed by atoms with Crippen LogP contribution in [-0.4, -0.2) is 10.2 Å². The number of para-hydroxylation sites is 1. The molecule has 0 radical (unpaired) electrons. The van der Waals surface area contributed by atoms with Crippen LogP contribution in [0.2, 0.25) is 0 Å². The lowest BCUT2D eigenvalue weighted by Gasteiger charge is -2.08. The fourth-order valence-corrected chi connectivity index (χ4v) is 2.18. The maximum atomic E-state index is 5.85. The summed E-state index contributed by atoms with van der Waals surface area (Å²) in [6.07, 6.45) is 3.55. The van der Waals surface area contributed by atoms with Gasteiger partial charge in [0.15, 0.2) is 16.7 Å². The quantitative estimate of drug-likeness (QED) is 0.622. The Bertz CT molecular complexity index is 659. The molecule has 0 aliphatic rings. The van der Waals surface area contributed by atoms with Gasteiger partial charge < -0.3 is 10.5 Å². The second-order valence-electron chi connectivity index (χ2n) is 3.93. The van der Waals surface area contributed by atoms with E-state index in [-0.39, 0.29) is 0 Å². The van der Waals surface area contributed by atoms with E-state index in [4.69, 9.17) is 10.5 Å². The molecule has 0 saturated carbocycles. The third-order valence-electron chi connectivity index (χ3n) is 2.31. The van der Waals surface area contributed by atoms with E-state index in [0.717, 1.165) is 4.47 Å². The molecule has 0 unspecified atom stereocenters. The van der Waals surface area contributed by atoms with Crippen LogP contribution in [0.3, 0.4) is 0 Å². The summed E-state index contributed by atoms with van der Waals surface area (Å²) in [7, 11) is 0. The van der Waals surface area contributed by atoms with Crippen molar-refractivity contribution in [1.82, 2.24) is 4.98 Å². The molecule has 0 bridgehead atoms. The molecule has 1 heterocycles. The highest BCUT2D eigenvalue weighted by molar-refractivity contribution is 9.10. The van der Waals surface area contributed by atoms with E-state index in [1.807, 2.05) is 54.8 Å². The number of hydrogen-bond donors (Lipinski definition) is 1. The lowest BCUT2D eigenvalue weighted by Crippen LogP contribution is -2.04. The predicted molar refractivity (Wildman–Crippen MR) is 92.1 cm³/mol. The SMILES string of the molecule is C/C=C/S/C(N)=N\c1ncc(Br)cc1Oc1ccccc1. The minimum atomic E-state index is 0.404. The highest BCUT2D eigenvalue weighted by atomic mass is 79.9. The van der Waals surface area contributed by atoms with Gasteiger partial charge in [0.1, 0.15) is 5.75 Å². The second-order valence-corrected chi connectivity index (χ2v) is 5.77. The van der Waals surface area contributed by atoms with E-state index in [2.05, 4.69) is 25.9 Å². The number of allylic oxidation sites excluding steroid dienone is 1. The molecule has 2 N–H and O–H groups in total. The zero-order chi connectivity index (χ0) is 15.1. The van der Waals surface area contributed by atoms with Crippen molar-refractivity contribution in [2.75, 3.05) is 0 Å². The van der Waals surface area contributed by atoms with E-state index < -0.39 is 0 Å². The molecular weight excluding hydrogens is 350 g/mol. The fourth-order valence-electron chi connectivity index (χ4n) is 1.46. The standard InChI is InChI=1S/C15H14BrN3OS/c1-2-8-21-15(17)19-14-13(9-11(16)10-18-14)20-12-6-4-3-5-7-12/h2-10H,1H3,(H2,17,18,19)/b8-2+. The summed E-state index contributed by atoms with van der Waals surface area (Å²) in [5.41, 5.74) is 5.85. The van der Waals surface area contributed by atoms with Crippen molar-refractivity contribution in [3.8, 4) is 11.5 Å². The number of ether oxygens (including phenoxy) is 1. The molecule has 0 saturated heterocycles. The molecule has 0 atom stereocenters. The van der Waals surface area contributed by atoms with Crippen LogP contribution in [0.5, 0.6) is 11.5 Å². The number of rotatable bonds is 4. The average molecular weight is 364 g/mol. The molecule has 0 aliphatic heterocycles. The Kier molecular flexibility index (Phi) is 5.83. The number of aromatic nitrogens is 1. The number of aliphatic imine (C=N–C) groups is 1. The first-order valence-electron chi connectivity index (χ1n) is 6.19. The molecule has 0 fully saturated rings. The smallest absolute Gasteiger partial charge is 0.198 e. The van der Waals surface area contributed by atoms with Crippen molar-refractivity contribution in [1.29, 1.82) is 0 Å². The molecule has 1 aromatic heterocycles. The Balaban J connectivity index is 2.29. The third kappa shape index (κ3) is 4.91. The van der Waals surface area contributed by atoms with Crippen molar-refractivity contribution < 1.29 is 4.74 Å². The van der Waals surface area contributed by atoms with Crippen LogP contribution in [0.4, 0.5) is 5.82 Å². The zero-order valence-corrected chi connectivity index (χ0v) is 13.8. The Hall–Kier alpha value is -1.79. The van der Waals surface area contributed by atoms with E-state index in [9.17, 15) is 0 Å². The van der Waals surface area contributed by atoms with Gasteiger partial charge >= 0.3 is 0 Å². The summed E-state index contributed by atoms with van der Waals surface area (Å²) < 4.78 is 6.63. The van der Waals surface area contributed by atoms with Gasteiger partial charge in [0.25, 0.3) is 0 Å². The topological polar surface area (TPSA) is 60.5 Å². The molecule has 2 rings (SSSR count). The van der Waals surface area contributed by atoms with E-state index in [1.165, 1.54) is 11.8 Å². The van der Waals surface area contributed by atoms with Gasteiger partial charge in [-0.25, -0.2) is 9.98 Å². The van der Waals surface area contributed by atoms with Crippen LogP contribution in [0.25, 0.3) is 0 Å². The number of thioether (sulfide) groups is 1. The lowest BCUT2D eigenvalue weighted by atomic mass is 10.3. The molecule has 2 aromatic rings. The van der Waals surface area contributed by atoms with E-state index in [0.29, 0.717) is 22.5 Å². The number of pyridine rings is 1. The summed E-state index contributed by atoms with van der Waals surface area (Å²) in [4.78, 5) is 8.53. The van der Waals surface area contributed by atoms with Crippen LogP contribution in [0.15, 0.2) is 63.5 Å². The summed E-state index contributed by atoms with van der Waals surface area (Å²) in [6, 6.07) is 11.3. The van der Waals surface area contributed by atoms with E-state index >= 15 is 0 Å². The normalized spacial score (nSPS) is 11.8. The molecule has 21 heavy (non-hydrogen) atoms. The minimum Gasteiger partial charge on any atom is -0.453 e. The van der Waals surface area contributed by atoms with Crippen LogP contribution < -0.4 is 10.5 Å². The van der Waals surface area contributed by atoms with Crippen molar-refractivity contribution in [2.45, 2.75) is 6.92 Å². The van der Waals surface area contributed by atoms with Crippen LogP contribution in [0, 0.1) is 0 Å². The zero-order valence-electron chi connectivity index (χ0n) is 11.4. The molecule has 4 nitrogen and oxygen atoms in total. The minimum absolute atomic E-state index is 0.404. The van der Waals surface area contributed by atoms with Gasteiger partial charge in [0.2, 0.25) is 0 Å². The maximum absolute atomic E-state index is 5.85. The monoisotopic (exact) mass is 363 g/mol. The average Bonchev–Trinajstić information content (AvgIpc) is 2.49. The Morgan fingerprint density at radius 1 is 1.38 bits per heavy atom. The summed E-state index contributed by atoms with van der Waals surface area (Å²) in [5.74, 6) is 1.70. The van der Waals surface area contributed by atoms with Crippen molar-refractivity contribution in [2.24, 2.45) is 10.7 Å². The number of hydrogen-bond acceptors (Lipinski definition) is 4. The Morgan fingerprint density at radius 3 is 2.86 bits per heavy atom. The summed E-state index contributed by atoms with van der Waals surface area (Å²) in [6.45, 7) is 1.92. The molecular formula is C15H14BrN3OS. The van der Waals surface area contributed by atoms with Gasteiger partial charge in [-0.3, -0.25) is 0 Å². The summed E-state index contributed by atoms with van der Waals surface area (Å²) in [5, 5.41) is 2.26. The molecule has 0 spiro atoms. The van der Waals surface area contributed by atoms with Crippen LogP contribution >= 0.6 is 27.7 Å². The summed E-state index contributed by atoms with van der Waals surface area (Å²) >= 11 is 4.71. The number of amidine groups is 1. The number of benzene rings is 1. The number of nitrogens with zero attached hydrogens (tertiary/aromatic N) is 2. The van der Waals surface area contributed by atoms with Crippen molar-refractivity contribution >= 4 is 38.7 Å². The van der Waals surface area contributed by atoms with Gasteiger partial charge in [-0.05, 0) is 40.4 Å². The Labute approximate surface area is 136 Å². The van der Waals surface area contributed by atoms with Gasteiger partial charge in [-0.1, -0.05) is 36.0 Å². The largest absolute Gasteiger partial charge is 0.453 e. The second kappa shape index (κ2) is 7.85. The maximum Gasteiger partial charge on any atom is 0.198 e. The van der Waals surface area contributed by atoms with Gasteiger partial charge in [-0.15, -0.1) is 0 Å². The molecule has 0 aliphatic carbocycles. The fraction of sp³-hybridized carbons (Fsp3) is 0.0667. The first-order valence-corrected chi connectivity index (χ1v) is 7.86. The van der Waals surface area contributed by atoms with E-state index in [1.54, 1.807) is 6.20 Å². The molecule has 108 valence electrons. The lowest BCUT2D eigenvalue weighted by molar-refractivity contribution is 0.481. The number of halogens is 1. The Morgan fingerprint density at radius 2 is 2.14 bits per heavy atom. The first-order chi connectivity index (χ1) is 10.2. The van der Waals surface area contributed by atoms with Gasteiger partial charge in [0.05, 0.1) is 0 Å². The molecule has 6 heteroatoms. The molecule has 0 amide bonds. The van der Waals surface area contributed by atoms with Crippen LogP contribution in [-0.2, 0) is 0 Å². The third-order valence-corrected chi connectivity index (χ3v) is 3.49. The number of nitrogens with two attached hydrogens (primary N) is 1. The highest BCUT2D eigenvalue weighted by Gasteiger charge is 2.08. The predicted octanol–water partition coefficient (Wildman–Crippen LogP) is 4.85.